The number of benzene rings is 1. The van der Waals surface area contributed by atoms with Gasteiger partial charge in [0, 0.05) is 24.3 Å². The first-order valence-corrected chi connectivity index (χ1v) is 7.19. The molecule has 112 valence electrons. The van der Waals surface area contributed by atoms with E-state index in [0.717, 1.165) is 31.5 Å². The topological polar surface area (TPSA) is 66.6 Å². The summed E-state index contributed by atoms with van der Waals surface area (Å²) in [5.74, 6) is 0. The zero-order valence-corrected chi connectivity index (χ0v) is 12.5. The van der Waals surface area contributed by atoms with Crippen LogP contribution in [0.4, 0.5) is 11.4 Å². The molecule has 1 atom stereocenters. The summed E-state index contributed by atoms with van der Waals surface area (Å²) in [4.78, 5) is 12.7. The van der Waals surface area contributed by atoms with E-state index in [2.05, 4.69) is 25.7 Å². The predicted octanol–water partition coefficient (Wildman–Crippen LogP) is 3.49. The second kappa shape index (κ2) is 7.85. The predicted molar refractivity (Wildman–Crippen MR) is 81.0 cm³/mol. The van der Waals surface area contributed by atoms with Crippen LogP contribution in [-0.2, 0) is 6.61 Å². The molecular weight excluding hydrogens is 256 g/mol. The molecule has 0 heterocycles. The summed E-state index contributed by atoms with van der Waals surface area (Å²) in [6.07, 6.45) is 3.19. The summed E-state index contributed by atoms with van der Waals surface area (Å²) in [5.41, 5.74) is 1.30. The number of anilines is 1. The van der Waals surface area contributed by atoms with E-state index in [1.54, 1.807) is 12.1 Å². The Morgan fingerprint density at radius 2 is 2.10 bits per heavy atom. The molecule has 5 heteroatoms. The van der Waals surface area contributed by atoms with Gasteiger partial charge in [-0.15, -0.1) is 0 Å². The minimum Gasteiger partial charge on any atom is -0.391 e. The van der Waals surface area contributed by atoms with E-state index in [0.29, 0.717) is 11.6 Å². The number of hydrogen-bond acceptors (Lipinski definition) is 4. The second-order valence-electron chi connectivity index (χ2n) is 5.03. The average molecular weight is 280 g/mol. The fourth-order valence-corrected chi connectivity index (χ4v) is 2.21. The largest absolute Gasteiger partial charge is 0.391 e. The van der Waals surface area contributed by atoms with Crippen LogP contribution in [0.2, 0.25) is 0 Å². The molecule has 0 bridgehead atoms. The molecule has 20 heavy (non-hydrogen) atoms. The normalized spacial score (nSPS) is 12.2. The molecule has 0 aliphatic carbocycles. The lowest BCUT2D eigenvalue weighted by molar-refractivity contribution is -0.385. The van der Waals surface area contributed by atoms with Gasteiger partial charge in [0.25, 0.3) is 5.69 Å². The number of aliphatic hydroxyl groups excluding tert-OH is 1. The molecule has 0 amide bonds. The van der Waals surface area contributed by atoms with Crippen LogP contribution in [0, 0.1) is 10.1 Å². The van der Waals surface area contributed by atoms with Crippen molar-refractivity contribution in [2.24, 2.45) is 0 Å². The highest BCUT2D eigenvalue weighted by Crippen LogP contribution is 2.27. The second-order valence-corrected chi connectivity index (χ2v) is 5.03. The van der Waals surface area contributed by atoms with Gasteiger partial charge in [-0.2, -0.15) is 0 Å². The fourth-order valence-electron chi connectivity index (χ4n) is 2.21. The van der Waals surface area contributed by atoms with Gasteiger partial charge in [-0.3, -0.25) is 10.1 Å². The van der Waals surface area contributed by atoms with E-state index < -0.39 is 4.92 Å². The molecule has 5 nitrogen and oxygen atoms in total. The number of aliphatic hydroxyl groups is 1. The van der Waals surface area contributed by atoms with Crippen molar-refractivity contribution in [3.63, 3.8) is 0 Å². The summed E-state index contributed by atoms with van der Waals surface area (Å²) < 4.78 is 0. The number of nitro benzene ring substituents is 1. The molecule has 1 N–H and O–H groups in total. The molecule has 1 unspecified atom stereocenters. The first kappa shape index (κ1) is 16.4. The number of unbranched alkanes of at least 4 members (excludes halogenated alkanes) is 1. The molecule has 0 fully saturated rings. The van der Waals surface area contributed by atoms with Gasteiger partial charge in [0.2, 0.25) is 0 Å². The Morgan fingerprint density at radius 3 is 2.60 bits per heavy atom. The van der Waals surface area contributed by atoms with Crippen LogP contribution in [0.25, 0.3) is 0 Å². The van der Waals surface area contributed by atoms with E-state index in [4.69, 9.17) is 0 Å². The zero-order valence-electron chi connectivity index (χ0n) is 12.5. The van der Waals surface area contributed by atoms with Gasteiger partial charge in [-0.25, -0.2) is 0 Å². The van der Waals surface area contributed by atoms with Gasteiger partial charge >= 0.3 is 0 Å². The smallest absolute Gasteiger partial charge is 0.275 e. The van der Waals surface area contributed by atoms with E-state index in [1.807, 2.05) is 0 Å². The van der Waals surface area contributed by atoms with Gasteiger partial charge < -0.3 is 10.0 Å². The molecule has 0 saturated carbocycles. The summed E-state index contributed by atoms with van der Waals surface area (Å²) in [7, 11) is 0. The Labute approximate surface area is 120 Å². The molecule has 0 aliphatic heterocycles. The third kappa shape index (κ3) is 3.93. The lowest BCUT2D eigenvalue weighted by Crippen LogP contribution is -2.33. The third-order valence-electron chi connectivity index (χ3n) is 3.64. The third-order valence-corrected chi connectivity index (χ3v) is 3.64. The van der Waals surface area contributed by atoms with Gasteiger partial charge in [0.15, 0.2) is 0 Å². The molecule has 1 aromatic rings. The lowest BCUT2D eigenvalue weighted by Gasteiger charge is -2.31. The SMILES string of the molecule is CCCCN(c1ccc([N+](=O)[O-])c(CO)c1)C(C)CC. The molecule has 1 aromatic carbocycles. The van der Waals surface area contributed by atoms with Crippen LogP contribution < -0.4 is 4.90 Å². The van der Waals surface area contributed by atoms with Crippen molar-refractivity contribution in [3.05, 3.63) is 33.9 Å². The standard InChI is InChI=1S/C15H24N2O3/c1-4-6-9-16(12(3)5-2)14-7-8-15(17(19)20)13(10-14)11-18/h7-8,10,12,18H,4-6,9,11H2,1-3H3. The maximum atomic E-state index is 10.9. The highest BCUT2D eigenvalue weighted by molar-refractivity contribution is 5.56. The Hall–Kier alpha value is -1.62. The summed E-state index contributed by atoms with van der Waals surface area (Å²) in [6.45, 7) is 7.03. The summed E-state index contributed by atoms with van der Waals surface area (Å²) in [6, 6.07) is 5.37. The molecule has 0 aromatic heterocycles. The maximum Gasteiger partial charge on any atom is 0.275 e. The van der Waals surface area contributed by atoms with Gasteiger partial charge in [-0.05, 0) is 31.9 Å². The minimum absolute atomic E-state index is 0.0177. The first-order valence-electron chi connectivity index (χ1n) is 7.19. The van der Waals surface area contributed by atoms with E-state index in [1.165, 1.54) is 6.07 Å². The van der Waals surface area contributed by atoms with Crippen LogP contribution in [0.1, 0.15) is 45.6 Å². The minimum atomic E-state index is -0.449. The van der Waals surface area contributed by atoms with Crippen LogP contribution in [0.15, 0.2) is 18.2 Å². The Balaban J connectivity index is 3.10. The molecule has 0 spiro atoms. The Kier molecular flexibility index (Phi) is 6.45. The van der Waals surface area contributed by atoms with Crippen molar-refractivity contribution in [3.8, 4) is 0 Å². The van der Waals surface area contributed by atoms with Gasteiger partial charge in [0.05, 0.1) is 17.1 Å². The molecular formula is C15H24N2O3. The van der Waals surface area contributed by atoms with Crippen molar-refractivity contribution < 1.29 is 10.0 Å². The molecule has 0 radical (unpaired) electrons. The van der Waals surface area contributed by atoms with E-state index >= 15 is 0 Å². The van der Waals surface area contributed by atoms with Gasteiger partial charge in [-0.1, -0.05) is 20.3 Å². The Bertz CT molecular complexity index is 449. The average Bonchev–Trinajstić information content (AvgIpc) is 2.46. The van der Waals surface area contributed by atoms with Crippen molar-refractivity contribution in [2.75, 3.05) is 11.4 Å². The zero-order chi connectivity index (χ0) is 15.1. The van der Waals surface area contributed by atoms with E-state index in [-0.39, 0.29) is 12.3 Å². The van der Waals surface area contributed by atoms with Crippen LogP contribution in [-0.4, -0.2) is 22.6 Å². The number of hydrogen-bond donors (Lipinski definition) is 1. The Morgan fingerprint density at radius 1 is 1.40 bits per heavy atom. The first-order chi connectivity index (χ1) is 9.54. The quantitative estimate of drug-likeness (QED) is 0.584. The summed E-state index contributed by atoms with van der Waals surface area (Å²) >= 11 is 0. The fraction of sp³-hybridized carbons (Fsp3) is 0.600. The van der Waals surface area contributed by atoms with Crippen LogP contribution in [0.3, 0.4) is 0 Å². The molecule has 1 rings (SSSR count). The van der Waals surface area contributed by atoms with Crippen molar-refractivity contribution in [1.82, 2.24) is 0 Å². The highest BCUT2D eigenvalue weighted by atomic mass is 16.6. The number of rotatable bonds is 8. The number of nitro groups is 1. The number of nitrogens with zero attached hydrogens (tertiary/aromatic N) is 2. The van der Waals surface area contributed by atoms with Crippen molar-refractivity contribution in [2.45, 2.75) is 52.7 Å². The maximum absolute atomic E-state index is 10.9. The van der Waals surface area contributed by atoms with Gasteiger partial charge in [0.1, 0.15) is 0 Å². The van der Waals surface area contributed by atoms with Crippen molar-refractivity contribution >= 4 is 11.4 Å². The summed E-state index contributed by atoms with van der Waals surface area (Å²) in [5, 5.41) is 20.2. The lowest BCUT2D eigenvalue weighted by atomic mass is 10.1. The molecule has 0 saturated heterocycles. The van der Waals surface area contributed by atoms with Crippen LogP contribution in [0.5, 0.6) is 0 Å². The van der Waals surface area contributed by atoms with Crippen LogP contribution >= 0.6 is 0 Å². The van der Waals surface area contributed by atoms with E-state index in [9.17, 15) is 15.2 Å². The van der Waals surface area contributed by atoms with Crippen molar-refractivity contribution in [1.29, 1.82) is 0 Å². The monoisotopic (exact) mass is 280 g/mol. The highest BCUT2D eigenvalue weighted by Gasteiger charge is 2.18. The molecule has 0 aliphatic rings.